The van der Waals surface area contributed by atoms with E-state index in [4.69, 9.17) is 0 Å². The van der Waals surface area contributed by atoms with Gasteiger partial charge in [0.1, 0.15) is 0 Å². The maximum atomic E-state index is 2.65. The maximum Gasteiger partial charge on any atom is 0.0602 e. The van der Waals surface area contributed by atoms with Crippen LogP contribution < -0.4 is 0 Å². The molecule has 0 saturated carbocycles. The summed E-state index contributed by atoms with van der Waals surface area (Å²) >= 11 is 0. The summed E-state index contributed by atoms with van der Waals surface area (Å²) in [7, 11) is 0. The second-order valence-electron chi connectivity index (χ2n) is 10.0. The van der Waals surface area contributed by atoms with Crippen LogP contribution >= 0.6 is 0 Å². The summed E-state index contributed by atoms with van der Waals surface area (Å²) in [5.74, 6) is 0. The molecule has 1 fully saturated rings. The van der Waals surface area contributed by atoms with Crippen LogP contribution in [0.5, 0.6) is 0 Å². The Hall–Kier alpha value is -2.42. The third-order valence-electron chi connectivity index (χ3n) is 6.82. The van der Waals surface area contributed by atoms with Gasteiger partial charge in [-0.15, -0.1) is 0 Å². The molecule has 1 heterocycles. The Balaban J connectivity index is 1.47. The van der Waals surface area contributed by atoms with Gasteiger partial charge < -0.3 is 0 Å². The van der Waals surface area contributed by atoms with E-state index in [1.54, 1.807) is 0 Å². The minimum absolute atomic E-state index is 0.341. The summed E-state index contributed by atoms with van der Waals surface area (Å²) in [6, 6.07) is 22.3. The number of allylic oxidation sites excluding steroid dienone is 5. The summed E-state index contributed by atoms with van der Waals surface area (Å²) in [6.45, 7) is 14.5. The molecule has 0 bridgehead atoms. The highest BCUT2D eigenvalue weighted by molar-refractivity contribution is 5.32. The van der Waals surface area contributed by atoms with E-state index in [0.717, 1.165) is 39.1 Å². The van der Waals surface area contributed by atoms with Gasteiger partial charge in [-0.2, -0.15) is 0 Å². The van der Waals surface area contributed by atoms with Crippen molar-refractivity contribution in [1.82, 2.24) is 9.80 Å². The molecule has 3 rings (SSSR count). The molecule has 1 aliphatic rings. The van der Waals surface area contributed by atoms with Crippen molar-refractivity contribution in [3.05, 3.63) is 107 Å². The highest BCUT2D eigenvalue weighted by atomic mass is 15.3. The SMILES string of the molecule is CC(C)=CCCC(C)=CCCC(C)=CCN1CCN(C(c2ccccc2)c2ccccc2)CC1. The van der Waals surface area contributed by atoms with Crippen LogP contribution in [0.2, 0.25) is 0 Å². The Morgan fingerprint density at radius 3 is 1.71 bits per heavy atom. The fraction of sp³-hybridized carbons (Fsp3) is 0.438. The Morgan fingerprint density at radius 1 is 0.676 bits per heavy atom. The molecule has 0 aromatic heterocycles. The molecule has 0 atom stereocenters. The molecule has 0 spiro atoms. The van der Waals surface area contributed by atoms with Crippen molar-refractivity contribution in [2.75, 3.05) is 32.7 Å². The van der Waals surface area contributed by atoms with Crippen molar-refractivity contribution in [2.45, 2.75) is 59.4 Å². The zero-order valence-corrected chi connectivity index (χ0v) is 21.8. The van der Waals surface area contributed by atoms with E-state index in [1.165, 1.54) is 47.1 Å². The van der Waals surface area contributed by atoms with Crippen molar-refractivity contribution in [2.24, 2.45) is 0 Å². The third-order valence-corrected chi connectivity index (χ3v) is 6.82. The molecular formula is C32H44N2. The van der Waals surface area contributed by atoms with Gasteiger partial charge in [0.2, 0.25) is 0 Å². The van der Waals surface area contributed by atoms with Crippen LogP contribution in [-0.2, 0) is 0 Å². The maximum absolute atomic E-state index is 2.65. The molecule has 182 valence electrons. The van der Waals surface area contributed by atoms with Gasteiger partial charge >= 0.3 is 0 Å². The highest BCUT2D eigenvalue weighted by Gasteiger charge is 2.25. The molecule has 0 amide bonds. The van der Waals surface area contributed by atoms with E-state index in [2.05, 4.69) is 116 Å². The van der Waals surface area contributed by atoms with Crippen molar-refractivity contribution >= 4 is 0 Å². The summed E-state index contributed by atoms with van der Waals surface area (Å²) in [6.07, 6.45) is 11.9. The predicted octanol–water partition coefficient (Wildman–Crippen LogP) is 7.81. The molecule has 2 aromatic carbocycles. The average molecular weight is 457 g/mol. The van der Waals surface area contributed by atoms with Gasteiger partial charge in [-0.05, 0) is 64.5 Å². The molecule has 0 aliphatic carbocycles. The fourth-order valence-corrected chi connectivity index (χ4v) is 4.71. The first-order valence-corrected chi connectivity index (χ1v) is 13.0. The van der Waals surface area contributed by atoms with Gasteiger partial charge in [0.15, 0.2) is 0 Å². The number of nitrogens with zero attached hydrogens (tertiary/aromatic N) is 2. The van der Waals surface area contributed by atoms with Crippen LogP contribution in [0.3, 0.4) is 0 Å². The Labute approximate surface area is 208 Å². The van der Waals surface area contributed by atoms with Crippen LogP contribution in [0.25, 0.3) is 0 Å². The van der Waals surface area contributed by atoms with E-state index >= 15 is 0 Å². The third kappa shape index (κ3) is 8.74. The largest absolute Gasteiger partial charge is 0.297 e. The van der Waals surface area contributed by atoms with Crippen molar-refractivity contribution in [3.8, 4) is 0 Å². The molecular weight excluding hydrogens is 412 g/mol. The second kappa shape index (κ2) is 14.1. The molecule has 2 nitrogen and oxygen atoms in total. The summed E-state index contributed by atoms with van der Waals surface area (Å²) in [4.78, 5) is 5.26. The van der Waals surface area contributed by atoms with Crippen LogP contribution in [0, 0.1) is 0 Å². The van der Waals surface area contributed by atoms with E-state index < -0.39 is 0 Å². The molecule has 0 radical (unpaired) electrons. The van der Waals surface area contributed by atoms with Crippen LogP contribution in [0.1, 0.15) is 70.5 Å². The van der Waals surface area contributed by atoms with E-state index in [0.29, 0.717) is 6.04 Å². The fourth-order valence-electron chi connectivity index (χ4n) is 4.71. The first-order chi connectivity index (χ1) is 16.5. The monoisotopic (exact) mass is 456 g/mol. The van der Waals surface area contributed by atoms with Gasteiger partial charge in [-0.3, -0.25) is 9.80 Å². The van der Waals surface area contributed by atoms with Gasteiger partial charge in [0, 0.05) is 32.7 Å². The Kier molecular flexibility index (Phi) is 10.9. The molecule has 1 aliphatic heterocycles. The Morgan fingerprint density at radius 2 is 1.18 bits per heavy atom. The minimum Gasteiger partial charge on any atom is -0.297 e. The van der Waals surface area contributed by atoms with E-state index in [-0.39, 0.29) is 0 Å². The molecule has 1 saturated heterocycles. The second-order valence-corrected chi connectivity index (χ2v) is 10.0. The topological polar surface area (TPSA) is 6.48 Å². The average Bonchev–Trinajstić information content (AvgIpc) is 2.85. The minimum atomic E-state index is 0.341. The van der Waals surface area contributed by atoms with Gasteiger partial charge in [0.25, 0.3) is 0 Å². The first-order valence-electron chi connectivity index (χ1n) is 13.0. The van der Waals surface area contributed by atoms with Gasteiger partial charge in [-0.25, -0.2) is 0 Å². The molecule has 34 heavy (non-hydrogen) atoms. The van der Waals surface area contributed by atoms with Gasteiger partial charge in [0.05, 0.1) is 6.04 Å². The lowest BCUT2D eigenvalue weighted by atomic mass is 9.96. The van der Waals surface area contributed by atoms with Crippen molar-refractivity contribution in [3.63, 3.8) is 0 Å². The number of rotatable bonds is 11. The molecule has 0 unspecified atom stereocenters. The highest BCUT2D eigenvalue weighted by Crippen LogP contribution is 2.29. The lowest BCUT2D eigenvalue weighted by molar-refractivity contribution is 0.117. The molecule has 2 aromatic rings. The number of hydrogen-bond donors (Lipinski definition) is 0. The zero-order chi connectivity index (χ0) is 24.2. The van der Waals surface area contributed by atoms with E-state index in [1.807, 2.05) is 0 Å². The number of piperazine rings is 1. The molecule has 0 N–H and O–H groups in total. The first kappa shape index (κ1) is 26.2. The summed E-state index contributed by atoms with van der Waals surface area (Å²) in [5.41, 5.74) is 7.24. The van der Waals surface area contributed by atoms with Gasteiger partial charge in [-0.1, -0.05) is 95.6 Å². The van der Waals surface area contributed by atoms with Crippen LogP contribution in [0.15, 0.2) is 95.6 Å². The summed E-state index contributed by atoms with van der Waals surface area (Å²) < 4.78 is 0. The zero-order valence-electron chi connectivity index (χ0n) is 21.8. The Bertz CT molecular complexity index is 888. The number of benzene rings is 2. The lowest BCUT2D eigenvalue weighted by Gasteiger charge is -2.39. The predicted molar refractivity (Wildman–Crippen MR) is 148 cm³/mol. The van der Waals surface area contributed by atoms with E-state index in [9.17, 15) is 0 Å². The lowest BCUT2D eigenvalue weighted by Crippen LogP contribution is -2.47. The normalized spacial score (nSPS) is 16.1. The smallest absolute Gasteiger partial charge is 0.0602 e. The van der Waals surface area contributed by atoms with Crippen LogP contribution in [-0.4, -0.2) is 42.5 Å². The van der Waals surface area contributed by atoms with Crippen molar-refractivity contribution in [1.29, 1.82) is 0 Å². The molecule has 2 heteroatoms. The quantitative estimate of drug-likeness (QED) is 0.318. The summed E-state index contributed by atoms with van der Waals surface area (Å²) in [5, 5.41) is 0. The standard InChI is InChI=1S/C32H44N2/c1-27(2)13-11-14-28(3)15-12-16-29(4)21-22-33-23-25-34(26-24-33)32(30-17-7-5-8-18-30)31-19-9-6-10-20-31/h5-10,13,15,17-21,32H,11-12,14,16,22-26H2,1-4H3. The number of hydrogen-bond acceptors (Lipinski definition) is 2. The van der Waals surface area contributed by atoms with Crippen LogP contribution in [0.4, 0.5) is 0 Å². The van der Waals surface area contributed by atoms with Crippen molar-refractivity contribution < 1.29 is 0 Å².